The van der Waals surface area contributed by atoms with E-state index in [1.807, 2.05) is 6.07 Å². The normalized spacial score (nSPS) is 17.1. The fourth-order valence-electron chi connectivity index (χ4n) is 2.97. The summed E-state index contributed by atoms with van der Waals surface area (Å²) in [5.41, 5.74) is 0.669. The van der Waals surface area contributed by atoms with Gasteiger partial charge < -0.3 is 10.2 Å². The number of hydrogen-bond donors (Lipinski definition) is 1. The minimum absolute atomic E-state index is 0.282. The molecule has 0 aliphatic carbocycles. The quantitative estimate of drug-likeness (QED) is 0.714. The second kappa shape index (κ2) is 8.60. The van der Waals surface area contributed by atoms with Crippen molar-refractivity contribution in [1.82, 2.24) is 14.5 Å². The van der Waals surface area contributed by atoms with Crippen LogP contribution in [0.5, 0.6) is 0 Å². The van der Waals surface area contributed by atoms with Crippen LogP contribution in [0.4, 0.5) is 0 Å². The molecule has 1 fully saturated rings. The molecule has 1 aliphatic heterocycles. The van der Waals surface area contributed by atoms with Crippen LogP contribution in [0.25, 0.3) is 0 Å². The van der Waals surface area contributed by atoms with Gasteiger partial charge in [0.15, 0.2) is 0 Å². The standard InChI is InChI=1S/C17H27N3O3S/c1-19(24(2,22)23)16(15-9-4-3-5-10-15)17(21)18-11-8-14-20-12-6-7-13-20/h3-5,9-10,16H,6-8,11-14H2,1-2H3,(H,18,21)/t16-/m1/s1. The minimum Gasteiger partial charge on any atom is -0.354 e. The number of likely N-dealkylation sites (N-methyl/N-ethyl adjacent to an activating group) is 1. The summed E-state index contributed by atoms with van der Waals surface area (Å²) in [5.74, 6) is -0.282. The molecule has 1 aromatic carbocycles. The van der Waals surface area contributed by atoms with Crippen molar-refractivity contribution in [3.8, 4) is 0 Å². The molecule has 1 saturated heterocycles. The Morgan fingerprint density at radius 1 is 1.25 bits per heavy atom. The van der Waals surface area contributed by atoms with Crippen molar-refractivity contribution in [3.63, 3.8) is 0 Å². The van der Waals surface area contributed by atoms with Crippen LogP contribution in [0.1, 0.15) is 30.9 Å². The maximum Gasteiger partial charge on any atom is 0.242 e. The molecule has 0 unspecified atom stereocenters. The van der Waals surface area contributed by atoms with Crippen molar-refractivity contribution in [1.29, 1.82) is 0 Å². The van der Waals surface area contributed by atoms with Gasteiger partial charge in [-0.05, 0) is 44.5 Å². The summed E-state index contributed by atoms with van der Waals surface area (Å²) < 4.78 is 24.9. The third-order valence-corrected chi connectivity index (χ3v) is 5.66. The first-order chi connectivity index (χ1) is 11.4. The number of carbonyl (C=O) groups excluding carboxylic acids is 1. The van der Waals surface area contributed by atoms with E-state index in [2.05, 4.69) is 10.2 Å². The van der Waals surface area contributed by atoms with E-state index in [4.69, 9.17) is 0 Å². The first-order valence-electron chi connectivity index (χ1n) is 8.37. The zero-order valence-electron chi connectivity index (χ0n) is 14.4. The van der Waals surface area contributed by atoms with E-state index < -0.39 is 16.1 Å². The Bertz CT molecular complexity index is 628. The van der Waals surface area contributed by atoms with Crippen molar-refractivity contribution in [2.75, 3.05) is 39.5 Å². The number of benzene rings is 1. The van der Waals surface area contributed by atoms with Gasteiger partial charge in [0, 0.05) is 13.6 Å². The molecule has 1 amide bonds. The third-order valence-electron chi connectivity index (χ3n) is 4.40. The number of amides is 1. The Labute approximate surface area is 144 Å². The summed E-state index contributed by atoms with van der Waals surface area (Å²) in [6.07, 6.45) is 4.49. The molecule has 7 heteroatoms. The van der Waals surface area contributed by atoms with Crippen molar-refractivity contribution in [2.24, 2.45) is 0 Å². The molecule has 1 atom stereocenters. The molecule has 0 aromatic heterocycles. The number of likely N-dealkylation sites (tertiary alicyclic amines) is 1. The average molecular weight is 353 g/mol. The first-order valence-corrected chi connectivity index (χ1v) is 10.2. The topological polar surface area (TPSA) is 69.7 Å². The molecule has 0 saturated carbocycles. The van der Waals surface area contributed by atoms with Gasteiger partial charge in [-0.15, -0.1) is 0 Å². The maximum atomic E-state index is 12.6. The van der Waals surface area contributed by atoms with E-state index in [1.54, 1.807) is 24.3 Å². The van der Waals surface area contributed by atoms with E-state index in [0.29, 0.717) is 12.1 Å². The molecular weight excluding hydrogens is 326 g/mol. The van der Waals surface area contributed by atoms with E-state index in [1.165, 1.54) is 19.9 Å². The van der Waals surface area contributed by atoms with Crippen LogP contribution in [0.3, 0.4) is 0 Å². The van der Waals surface area contributed by atoms with Gasteiger partial charge in [-0.1, -0.05) is 30.3 Å². The average Bonchev–Trinajstić information content (AvgIpc) is 3.05. The van der Waals surface area contributed by atoms with Crippen molar-refractivity contribution < 1.29 is 13.2 Å². The first kappa shape index (κ1) is 18.9. The van der Waals surface area contributed by atoms with E-state index >= 15 is 0 Å². The van der Waals surface area contributed by atoms with Gasteiger partial charge in [-0.3, -0.25) is 4.79 Å². The molecular formula is C17H27N3O3S. The number of rotatable bonds is 8. The van der Waals surface area contributed by atoms with Crippen molar-refractivity contribution in [2.45, 2.75) is 25.3 Å². The molecule has 0 spiro atoms. The van der Waals surface area contributed by atoms with E-state index in [9.17, 15) is 13.2 Å². The summed E-state index contributed by atoms with van der Waals surface area (Å²) in [7, 11) is -2.03. The van der Waals surface area contributed by atoms with Gasteiger partial charge >= 0.3 is 0 Å². The smallest absolute Gasteiger partial charge is 0.242 e. The zero-order chi connectivity index (χ0) is 17.6. The van der Waals surface area contributed by atoms with Gasteiger partial charge in [-0.25, -0.2) is 8.42 Å². The number of nitrogens with zero attached hydrogens (tertiary/aromatic N) is 2. The molecule has 1 N–H and O–H groups in total. The Morgan fingerprint density at radius 3 is 2.46 bits per heavy atom. The van der Waals surface area contributed by atoms with Gasteiger partial charge in [0.25, 0.3) is 0 Å². The highest BCUT2D eigenvalue weighted by Crippen LogP contribution is 2.21. The SMILES string of the molecule is CN([C@@H](C(=O)NCCCN1CCCC1)c1ccccc1)S(C)(=O)=O. The lowest BCUT2D eigenvalue weighted by Crippen LogP contribution is -2.41. The maximum absolute atomic E-state index is 12.6. The summed E-state index contributed by atoms with van der Waals surface area (Å²) in [6, 6.07) is 8.16. The van der Waals surface area contributed by atoms with Gasteiger partial charge in [0.1, 0.15) is 6.04 Å². The molecule has 1 aliphatic rings. The van der Waals surface area contributed by atoms with Crippen LogP contribution in [-0.4, -0.2) is 63.0 Å². The lowest BCUT2D eigenvalue weighted by Gasteiger charge is -2.25. The van der Waals surface area contributed by atoms with Gasteiger partial charge in [-0.2, -0.15) is 4.31 Å². The molecule has 1 heterocycles. The summed E-state index contributed by atoms with van der Waals surface area (Å²) >= 11 is 0. The van der Waals surface area contributed by atoms with Crippen LogP contribution >= 0.6 is 0 Å². The number of carbonyl (C=O) groups is 1. The predicted octanol–water partition coefficient (Wildman–Crippen LogP) is 1.22. The monoisotopic (exact) mass is 353 g/mol. The highest BCUT2D eigenvalue weighted by atomic mass is 32.2. The van der Waals surface area contributed by atoms with Gasteiger partial charge in [0.2, 0.25) is 15.9 Å². The molecule has 6 nitrogen and oxygen atoms in total. The number of nitrogens with one attached hydrogen (secondary N) is 1. The van der Waals surface area contributed by atoms with E-state index in [0.717, 1.165) is 36.6 Å². The highest BCUT2D eigenvalue weighted by Gasteiger charge is 2.30. The summed E-state index contributed by atoms with van der Waals surface area (Å²) in [4.78, 5) is 15.0. The Hall–Kier alpha value is -1.44. The van der Waals surface area contributed by atoms with Crippen LogP contribution in [0.2, 0.25) is 0 Å². The summed E-state index contributed by atoms with van der Waals surface area (Å²) in [6.45, 7) is 3.79. The Morgan fingerprint density at radius 2 is 1.88 bits per heavy atom. The minimum atomic E-state index is -3.47. The molecule has 0 radical (unpaired) electrons. The fraction of sp³-hybridized carbons (Fsp3) is 0.588. The van der Waals surface area contributed by atoms with Crippen LogP contribution in [0, 0.1) is 0 Å². The largest absolute Gasteiger partial charge is 0.354 e. The van der Waals surface area contributed by atoms with E-state index in [-0.39, 0.29) is 5.91 Å². The molecule has 1 aromatic rings. The highest BCUT2D eigenvalue weighted by molar-refractivity contribution is 7.88. The predicted molar refractivity (Wildman–Crippen MR) is 95.1 cm³/mol. The number of hydrogen-bond acceptors (Lipinski definition) is 4. The Kier molecular flexibility index (Phi) is 6.77. The van der Waals surface area contributed by atoms with Crippen molar-refractivity contribution >= 4 is 15.9 Å². The molecule has 134 valence electrons. The Balaban J connectivity index is 1.96. The second-order valence-electron chi connectivity index (χ2n) is 6.29. The third kappa shape index (κ3) is 5.29. The van der Waals surface area contributed by atoms with Gasteiger partial charge in [0.05, 0.1) is 6.26 Å². The lowest BCUT2D eigenvalue weighted by molar-refractivity contribution is -0.124. The van der Waals surface area contributed by atoms with Crippen LogP contribution < -0.4 is 5.32 Å². The van der Waals surface area contributed by atoms with Crippen molar-refractivity contribution in [3.05, 3.63) is 35.9 Å². The zero-order valence-corrected chi connectivity index (χ0v) is 15.3. The summed E-state index contributed by atoms with van der Waals surface area (Å²) in [5, 5.41) is 2.89. The fourth-order valence-corrected chi connectivity index (χ4v) is 3.57. The lowest BCUT2D eigenvalue weighted by atomic mass is 10.1. The molecule has 24 heavy (non-hydrogen) atoms. The van der Waals surface area contributed by atoms with Crippen LogP contribution in [0.15, 0.2) is 30.3 Å². The number of sulfonamides is 1. The second-order valence-corrected chi connectivity index (χ2v) is 8.33. The molecule has 2 rings (SSSR count). The van der Waals surface area contributed by atoms with Crippen LogP contribution in [-0.2, 0) is 14.8 Å². The molecule has 0 bridgehead atoms.